The molecule has 0 saturated carbocycles. The molecule has 0 heterocycles. The van der Waals surface area contributed by atoms with Gasteiger partial charge in [-0.3, -0.25) is 9.59 Å². The normalized spacial score (nSPS) is 11.0. The van der Waals surface area contributed by atoms with Crippen LogP contribution in [0.15, 0.2) is 53.0 Å². The van der Waals surface area contributed by atoms with Crippen molar-refractivity contribution in [2.45, 2.75) is 12.6 Å². The Kier molecular flexibility index (Phi) is 5.61. The molecule has 0 spiro atoms. The number of rotatable bonds is 4. The number of hydrogen-bond donors (Lipinski definition) is 2. The van der Waals surface area contributed by atoms with Gasteiger partial charge in [0.15, 0.2) is 0 Å². The van der Waals surface area contributed by atoms with E-state index in [1.165, 1.54) is 24.3 Å². The van der Waals surface area contributed by atoms with Crippen molar-refractivity contribution in [1.29, 1.82) is 0 Å². The van der Waals surface area contributed by atoms with Crippen molar-refractivity contribution >= 4 is 39.1 Å². The molecule has 0 atom stereocenters. The van der Waals surface area contributed by atoms with Crippen LogP contribution in [0.3, 0.4) is 0 Å². The Hall–Kier alpha value is -2.35. The first-order valence-electron chi connectivity index (χ1n) is 6.78. The lowest BCUT2D eigenvalue weighted by atomic mass is 10.1. The number of para-hydroxylation sites is 2. The van der Waals surface area contributed by atoms with Gasteiger partial charge in [0.25, 0.3) is 0 Å². The fourth-order valence-corrected chi connectivity index (χ4v) is 2.33. The number of amides is 2. The zero-order valence-corrected chi connectivity index (χ0v) is 13.7. The van der Waals surface area contributed by atoms with Crippen LogP contribution in [0.25, 0.3) is 0 Å². The average molecular weight is 401 g/mol. The molecule has 126 valence electrons. The number of nitrogens with one attached hydrogen (secondary N) is 2. The smallest absolute Gasteiger partial charge is 0.324 e. The lowest BCUT2D eigenvalue weighted by Crippen LogP contribution is -2.30. The zero-order chi connectivity index (χ0) is 17.7. The molecule has 24 heavy (non-hydrogen) atoms. The summed E-state index contributed by atoms with van der Waals surface area (Å²) in [6.07, 6.45) is -4.98. The topological polar surface area (TPSA) is 58.2 Å². The van der Waals surface area contributed by atoms with Crippen molar-refractivity contribution in [2.24, 2.45) is 0 Å². The Balaban J connectivity index is 2.11. The predicted octanol–water partition coefficient (Wildman–Crippen LogP) is 4.13. The van der Waals surface area contributed by atoms with Crippen molar-refractivity contribution in [3.63, 3.8) is 0 Å². The van der Waals surface area contributed by atoms with Crippen LogP contribution in [0.4, 0.5) is 24.5 Å². The molecule has 2 amide bonds. The minimum absolute atomic E-state index is 0.0307. The van der Waals surface area contributed by atoms with E-state index in [2.05, 4.69) is 21.2 Å². The summed E-state index contributed by atoms with van der Waals surface area (Å²) in [7, 11) is 0. The van der Waals surface area contributed by atoms with Crippen LogP contribution < -0.4 is 10.6 Å². The van der Waals surface area contributed by atoms with E-state index in [9.17, 15) is 22.8 Å². The molecule has 0 saturated heterocycles. The molecule has 0 fully saturated rings. The van der Waals surface area contributed by atoms with Gasteiger partial charge in [0.1, 0.15) is 0 Å². The highest BCUT2D eigenvalue weighted by molar-refractivity contribution is 9.10. The van der Waals surface area contributed by atoms with E-state index in [1.807, 2.05) is 0 Å². The molecule has 0 aromatic heterocycles. The summed E-state index contributed by atoms with van der Waals surface area (Å²) < 4.78 is 37.8. The number of benzene rings is 2. The Morgan fingerprint density at radius 2 is 1.46 bits per heavy atom. The van der Waals surface area contributed by atoms with E-state index in [0.29, 0.717) is 0 Å². The Labute approximate surface area is 144 Å². The van der Waals surface area contributed by atoms with Crippen LogP contribution in [0.1, 0.15) is 5.56 Å². The van der Waals surface area contributed by atoms with E-state index < -0.39 is 18.0 Å². The van der Waals surface area contributed by atoms with Crippen molar-refractivity contribution in [2.75, 3.05) is 10.6 Å². The number of anilines is 2. The van der Waals surface area contributed by atoms with Gasteiger partial charge in [-0.05, 0) is 23.8 Å². The maximum Gasteiger partial charge on any atom is 0.471 e. The molecule has 2 aromatic carbocycles. The fourth-order valence-electron chi connectivity index (χ4n) is 1.90. The predicted molar refractivity (Wildman–Crippen MR) is 87.6 cm³/mol. The Morgan fingerprint density at radius 1 is 0.917 bits per heavy atom. The first-order valence-corrected chi connectivity index (χ1v) is 7.57. The summed E-state index contributed by atoms with van der Waals surface area (Å²) >= 11 is 3.32. The third-order valence-corrected chi connectivity index (χ3v) is 3.79. The van der Waals surface area contributed by atoms with E-state index in [1.54, 1.807) is 29.6 Å². The molecule has 4 nitrogen and oxygen atoms in total. The van der Waals surface area contributed by atoms with Crippen LogP contribution in [0.5, 0.6) is 0 Å². The van der Waals surface area contributed by atoms with Crippen molar-refractivity contribution in [3.05, 3.63) is 58.6 Å². The van der Waals surface area contributed by atoms with Gasteiger partial charge in [-0.2, -0.15) is 13.2 Å². The van der Waals surface area contributed by atoms with Gasteiger partial charge in [-0.15, -0.1) is 0 Å². The van der Waals surface area contributed by atoms with Gasteiger partial charge < -0.3 is 10.6 Å². The lowest BCUT2D eigenvalue weighted by molar-refractivity contribution is -0.167. The second kappa shape index (κ2) is 7.48. The van der Waals surface area contributed by atoms with Gasteiger partial charge in [-0.1, -0.05) is 46.3 Å². The largest absolute Gasteiger partial charge is 0.471 e. The first-order chi connectivity index (χ1) is 11.3. The highest BCUT2D eigenvalue weighted by Crippen LogP contribution is 2.25. The maximum absolute atomic E-state index is 12.4. The van der Waals surface area contributed by atoms with Crippen LogP contribution in [0, 0.1) is 0 Å². The summed E-state index contributed by atoms with van der Waals surface area (Å²) in [5.74, 6) is -2.52. The molecule has 2 rings (SSSR count). The molecule has 0 radical (unpaired) electrons. The van der Waals surface area contributed by atoms with E-state index in [0.717, 1.165) is 10.0 Å². The SMILES string of the molecule is O=C(Cc1ccccc1Br)Nc1ccccc1NC(=O)C(F)(F)F. The molecule has 0 aliphatic rings. The van der Waals surface area contributed by atoms with Crippen molar-refractivity contribution in [1.82, 2.24) is 0 Å². The molecular weight excluding hydrogens is 389 g/mol. The second-order valence-electron chi connectivity index (χ2n) is 4.81. The van der Waals surface area contributed by atoms with Crippen molar-refractivity contribution < 1.29 is 22.8 Å². The lowest BCUT2D eigenvalue weighted by Gasteiger charge is -2.13. The highest BCUT2D eigenvalue weighted by Gasteiger charge is 2.39. The number of halogens is 4. The average Bonchev–Trinajstić information content (AvgIpc) is 2.50. The van der Waals surface area contributed by atoms with Crippen LogP contribution in [-0.4, -0.2) is 18.0 Å². The fraction of sp³-hybridized carbons (Fsp3) is 0.125. The molecule has 0 aliphatic heterocycles. The Bertz CT molecular complexity index is 763. The second-order valence-corrected chi connectivity index (χ2v) is 5.67. The number of carbonyl (C=O) groups is 2. The number of carbonyl (C=O) groups excluding carboxylic acids is 2. The molecule has 8 heteroatoms. The summed E-state index contributed by atoms with van der Waals surface area (Å²) in [6, 6.07) is 12.8. The maximum atomic E-state index is 12.4. The van der Waals surface area contributed by atoms with Gasteiger partial charge in [-0.25, -0.2) is 0 Å². The summed E-state index contributed by atoms with van der Waals surface area (Å²) in [6.45, 7) is 0. The third-order valence-electron chi connectivity index (χ3n) is 3.02. The van der Waals surface area contributed by atoms with E-state index in [4.69, 9.17) is 0 Å². The third kappa shape index (κ3) is 4.82. The minimum Gasteiger partial charge on any atom is -0.324 e. The standard InChI is InChI=1S/C16H12BrF3N2O2/c17-11-6-2-1-5-10(11)9-14(23)21-12-7-3-4-8-13(12)22-15(24)16(18,19)20/h1-8H,9H2,(H,21,23)(H,22,24). The molecule has 0 bridgehead atoms. The molecule has 0 unspecified atom stereocenters. The van der Waals surface area contributed by atoms with E-state index >= 15 is 0 Å². The highest BCUT2D eigenvalue weighted by atomic mass is 79.9. The molecule has 2 N–H and O–H groups in total. The number of alkyl halides is 3. The van der Waals surface area contributed by atoms with Gasteiger partial charge in [0.2, 0.25) is 5.91 Å². The summed E-state index contributed by atoms with van der Waals surface area (Å²) in [4.78, 5) is 23.2. The Morgan fingerprint density at radius 3 is 2.04 bits per heavy atom. The number of hydrogen-bond acceptors (Lipinski definition) is 2. The van der Waals surface area contributed by atoms with Crippen LogP contribution in [-0.2, 0) is 16.0 Å². The summed E-state index contributed by atoms with van der Waals surface area (Å²) in [5, 5.41) is 4.24. The van der Waals surface area contributed by atoms with Crippen LogP contribution in [0.2, 0.25) is 0 Å². The monoisotopic (exact) mass is 400 g/mol. The zero-order valence-electron chi connectivity index (χ0n) is 12.2. The molecular formula is C16H12BrF3N2O2. The quantitative estimate of drug-likeness (QED) is 0.810. The van der Waals surface area contributed by atoms with E-state index in [-0.39, 0.29) is 17.8 Å². The van der Waals surface area contributed by atoms with Gasteiger partial charge >= 0.3 is 12.1 Å². The minimum atomic E-state index is -5.01. The van der Waals surface area contributed by atoms with Gasteiger partial charge in [0, 0.05) is 4.47 Å². The molecule has 2 aromatic rings. The van der Waals surface area contributed by atoms with Crippen molar-refractivity contribution in [3.8, 4) is 0 Å². The van der Waals surface area contributed by atoms with Gasteiger partial charge in [0.05, 0.1) is 17.8 Å². The first kappa shape index (κ1) is 18.0. The van der Waals surface area contributed by atoms with Crippen LogP contribution >= 0.6 is 15.9 Å². The molecule has 0 aliphatic carbocycles. The summed E-state index contributed by atoms with van der Waals surface area (Å²) in [5.41, 5.74) is 0.694.